The van der Waals surface area contributed by atoms with E-state index >= 15 is 0 Å². The number of nitrogens with zero attached hydrogens (tertiary/aromatic N) is 2. The first kappa shape index (κ1) is 22.0. The maximum absolute atomic E-state index is 13.1. The predicted octanol–water partition coefficient (Wildman–Crippen LogP) is 5.93. The zero-order valence-corrected chi connectivity index (χ0v) is 19.4. The summed E-state index contributed by atoms with van der Waals surface area (Å²) in [7, 11) is -3.86. The first-order valence-corrected chi connectivity index (χ1v) is 11.4. The molecule has 0 aliphatic rings. The molecule has 1 heterocycles. The molecule has 5 nitrogen and oxygen atoms in total. The largest absolute Gasteiger partial charge is 0.265 e. The fourth-order valence-corrected chi connectivity index (χ4v) is 5.34. The van der Waals surface area contributed by atoms with Gasteiger partial charge in [0.25, 0.3) is 10.0 Å². The molecule has 0 unspecified atom stereocenters. The highest BCUT2D eigenvalue weighted by Crippen LogP contribution is 2.30. The number of rotatable bonds is 5. The van der Waals surface area contributed by atoms with Gasteiger partial charge in [0, 0.05) is 6.20 Å². The molecule has 0 aliphatic heterocycles. The standard InChI is InChI=1S/C20H20Cl3N3O2S/c1-11-7-12(2)14(4)19(13(11)3)29(27,28)25-20-18(23)10-26(24-20)9-15-5-6-16(21)17(22)8-15/h5-8,10H,9H2,1-4H3,(H,24,25). The maximum atomic E-state index is 13.1. The molecule has 0 amide bonds. The second kappa shape index (κ2) is 8.19. The van der Waals surface area contributed by atoms with Gasteiger partial charge in [-0.15, -0.1) is 0 Å². The molecule has 29 heavy (non-hydrogen) atoms. The molecule has 0 saturated heterocycles. The molecule has 0 atom stereocenters. The van der Waals surface area contributed by atoms with E-state index in [1.165, 1.54) is 0 Å². The molecule has 9 heteroatoms. The highest BCUT2D eigenvalue weighted by atomic mass is 35.5. The van der Waals surface area contributed by atoms with Gasteiger partial charge in [-0.2, -0.15) is 5.10 Å². The van der Waals surface area contributed by atoms with Gasteiger partial charge >= 0.3 is 0 Å². The Bertz CT molecular complexity index is 1180. The molecule has 3 rings (SSSR count). The summed E-state index contributed by atoms with van der Waals surface area (Å²) >= 11 is 18.2. The topological polar surface area (TPSA) is 64.0 Å². The van der Waals surface area contributed by atoms with E-state index < -0.39 is 10.0 Å². The van der Waals surface area contributed by atoms with Gasteiger partial charge in [0.2, 0.25) is 0 Å². The number of nitrogens with one attached hydrogen (secondary N) is 1. The molecule has 0 spiro atoms. The number of hydrogen-bond acceptors (Lipinski definition) is 3. The third-order valence-corrected chi connectivity index (χ3v) is 7.47. The van der Waals surface area contributed by atoms with Crippen molar-refractivity contribution in [1.29, 1.82) is 0 Å². The first-order valence-electron chi connectivity index (χ1n) is 8.76. The summed E-state index contributed by atoms with van der Waals surface area (Å²) in [4.78, 5) is 0.255. The number of sulfonamides is 1. The first-order chi connectivity index (χ1) is 13.5. The predicted molar refractivity (Wildman–Crippen MR) is 119 cm³/mol. The van der Waals surface area contributed by atoms with Crippen molar-refractivity contribution >= 4 is 50.6 Å². The van der Waals surface area contributed by atoms with Crippen LogP contribution in [0.1, 0.15) is 27.8 Å². The van der Waals surface area contributed by atoms with Crippen LogP contribution >= 0.6 is 34.8 Å². The van der Waals surface area contributed by atoms with E-state index in [1.807, 2.05) is 26.0 Å². The third kappa shape index (κ3) is 4.56. The van der Waals surface area contributed by atoms with Crippen molar-refractivity contribution in [2.45, 2.75) is 39.1 Å². The molecule has 0 saturated carbocycles. The fourth-order valence-electron chi connectivity index (χ4n) is 3.13. The van der Waals surface area contributed by atoms with Crippen LogP contribution in [0.3, 0.4) is 0 Å². The Labute approximate surface area is 185 Å². The Morgan fingerprint density at radius 3 is 2.14 bits per heavy atom. The van der Waals surface area contributed by atoms with E-state index in [4.69, 9.17) is 34.8 Å². The van der Waals surface area contributed by atoms with Crippen molar-refractivity contribution in [3.63, 3.8) is 0 Å². The van der Waals surface area contributed by atoms with Crippen LogP contribution in [-0.2, 0) is 16.6 Å². The minimum absolute atomic E-state index is 0.0738. The summed E-state index contributed by atoms with van der Waals surface area (Å²) in [6.45, 7) is 7.72. The van der Waals surface area contributed by atoms with Gasteiger partial charge in [-0.3, -0.25) is 9.40 Å². The van der Waals surface area contributed by atoms with E-state index in [2.05, 4.69) is 9.82 Å². The highest BCUT2D eigenvalue weighted by Gasteiger charge is 2.24. The lowest BCUT2D eigenvalue weighted by atomic mass is 10.0. The fraction of sp³-hybridized carbons (Fsp3) is 0.250. The van der Waals surface area contributed by atoms with Crippen LogP contribution in [0, 0.1) is 27.7 Å². The Hall–Kier alpha value is -1.73. The summed E-state index contributed by atoms with van der Waals surface area (Å²) in [5.74, 6) is 0.0738. The summed E-state index contributed by atoms with van der Waals surface area (Å²) in [6.07, 6.45) is 1.56. The molecule has 0 aliphatic carbocycles. The monoisotopic (exact) mass is 471 g/mol. The normalized spacial score (nSPS) is 11.7. The molecule has 0 bridgehead atoms. The van der Waals surface area contributed by atoms with Crippen molar-refractivity contribution < 1.29 is 8.42 Å². The third-order valence-electron chi connectivity index (χ3n) is 4.84. The summed E-state index contributed by atoms with van der Waals surface area (Å²) in [5.41, 5.74) is 4.07. The van der Waals surface area contributed by atoms with E-state index in [-0.39, 0.29) is 15.7 Å². The van der Waals surface area contributed by atoms with E-state index in [9.17, 15) is 8.42 Å². The van der Waals surface area contributed by atoms with Crippen LogP contribution in [0.25, 0.3) is 0 Å². The minimum atomic E-state index is -3.86. The zero-order valence-electron chi connectivity index (χ0n) is 16.3. The molecule has 154 valence electrons. The van der Waals surface area contributed by atoms with Gasteiger partial charge in [-0.1, -0.05) is 46.9 Å². The number of benzene rings is 2. The average Bonchev–Trinajstić information content (AvgIpc) is 2.95. The number of aryl methyl sites for hydroxylation is 2. The molecule has 0 fully saturated rings. The van der Waals surface area contributed by atoms with Crippen LogP contribution in [-0.4, -0.2) is 18.2 Å². The summed E-state index contributed by atoms with van der Waals surface area (Å²) in [6, 6.07) is 7.21. The van der Waals surface area contributed by atoms with Gasteiger partial charge in [0.1, 0.15) is 5.02 Å². The van der Waals surface area contributed by atoms with Gasteiger partial charge < -0.3 is 0 Å². The Morgan fingerprint density at radius 2 is 1.55 bits per heavy atom. The van der Waals surface area contributed by atoms with E-state index in [0.717, 1.165) is 16.7 Å². The molecular formula is C20H20Cl3N3O2S. The Balaban J connectivity index is 1.92. The van der Waals surface area contributed by atoms with Gasteiger partial charge in [-0.25, -0.2) is 8.42 Å². The average molecular weight is 473 g/mol. The second-order valence-corrected chi connectivity index (χ2v) is 9.81. The molecule has 3 aromatic rings. The maximum Gasteiger partial charge on any atom is 0.263 e. The lowest BCUT2D eigenvalue weighted by molar-refractivity contribution is 0.599. The number of halogens is 3. The van der Waals surface area contributed by atoms with Crippen LogP contribution < -0.4 is 4.72 Å². The molecule has 1 aromatic heterocycles. The van der Waals surface area contributed by atoms with Crippen LogP contribution in [0.4, 0.5) is 5.82 Å². The lowest BCUT2D eigenvalue weighted by Gasteiger charge is -2.16. The summed E-state index contributed by atoms with van der Waals surface area (Å²) < 4.78 is 30.3. The highest BCUT2D eigenvalue weighted by molar-refractivity contribution is 7.92. The minimum Gasteiger partial charge on any atom is -0.265 e. The van der Waals surface area contributed by atoms with Crippen molar-refractivity contribution in [3.05, 3.63) is 73.3 Å². The van der Waals surface area contributed by atoms with Crippen LogP contribution in [0.15, 0.2) is 35.4 Å². The molecule has 0 radical (unpaired) electrons. The van der Waals surface area contributed by atoms with Gasteiger partial charge in [0.05, 0.1) is 21.5 Å². The zero-order chi connectivity index (χ0) is 21.5. The smallest absolute Gasteiger partial charge is 0.263 e. The molecule has 1 N–H and O–H groups in total. The molecular weight excluding hydrogens is 453 g/mol. The van der Waals surface area contributed by atoms with E-state index in [1.54, 1.807) is 36.9 Å². The number of hydrogen-bond donors (Lipinski definition) is 1. The van der Waals surface area contributed by atoms with E-state index in [0.29, 0.717) is 27.7 Å². The van der Waals surface area contributed by atoms with Gasteiger partial charge in [0.15, 0.2) is 5.82 Å². The number of anilines is 1. The van der Waals surface area contributed by atoms with Crippen molar-refractivity contribution in [1.82, 2.24) is 9.78 Å². The SMILES string of the molecule is Cc1cc(C)c(C)c(S(=O)(=O)Nc2nn(Cc3ccc(Cl)c(Cl)c3)cc2Cl)c1C. The van der Waals surface area contributed by atoms with Crippen molar-refractivity contribution in [2.24, 2.45) is 0 Å². The van der Waals surface area contributed by atoms with Crippen LogP contribution in [0.5, 0.6) is 0 Å². The van der Waals surface area contributed by atoms with Gasteiger partial charge in [-0.05, 0) is 67.6 Å². The lowest BCUT2D eigenvalue weighted by Crippen LogP contribution is -2.17. The summed E-state index contributed by atoms with van der Waals surface area (Å²) in [5, 5.41) is 5.39. The Kier molecular flexibility index (Phi) is 6.20. The van der Waals surface area contributed by atoms with Crippen LogP contribution in [0.2, 0.25) is 15.1 Å². The van der Waals surface area contributed by atoms with Crippen molar-refractivity contribution in [3.8, 4) is 0 Å². The molecule has 2 aromatic carbocycles. The Morgan fingerprint density at radius 1 is 0.931 bits per heavy atom. The number of aromatic nitrogens is 2. The second-order valence-electron chi connectivity index (χ2n) is 6.97. The quantitative estimate of drug-likeness (QED) is 0.501. The van der Waals surface area contributed by atoms with Crippen molar-refractivity contribution in [2.75, 3.05) is 4.72 Å².